The van der Waals surface area contributed by atoms with Gasteiger partial charge < -0.3 is 15.4 Å². The van der Waals surface area contributed by atoms with Crippen molar-refractivity contribution >= 4 is 11.8 Å². The Hall–Kier alpha value is -1.72. The number of amides is 1. The first kappa shape index (κ1) is 12.4. The lowest BCUT2D eigenvalue weighted by Gasteiger charge is -2.19. The molecule has 0 aromatic carbocycles. The van der Waals surface area contributed by atoms with Crippen LogP contribution >= 0.6 is 0 Å². The lowest BCUT2D eigenvalue weighted by atomic mass is 10.2. The topological polar surface area (TPSA) is 79.0 Å². The van der Waals surface area contributed by atoms with Gasteiger partial charge in [-0.25, -0.2) is 4.79 Å². The highest BCUT2D eigenvalue weighted by atomic mass is 16.6. The average molecular weight is 226 g/mol. The van der Waals surface area contributed by atoms with Crippen molar-refractivity contribution in [1.82, 2.24) is 15.5 Å². The van der Waals surface area contributed by atoms with Gasteiger partial charge in [0.05, 0.1) is 11.9 Å². The van der Waals surface area contributed by atoms with Crippen LogP contribution in [0, 0.1) is 0 Å². The zero-order valence-corrected chi connectivity index (χ0v) is 9.83. The molecule has 6 nitrogen and oxygen atoms in total. The van der Waals surface area contributed by atoms with E-state index in [0.717, 1.165) is 5.69 Å². The number of carbonyl (C=O) groups excluding carboxylic acids is 1. The molecule has 0 aliphatic heterocycles. The summed E-state index contributed by atoms with van der Waals surface area (Å²) in [5.74, 6) is 0. The summed E-state index contributed by atoms with van der Waals surface area (Å²) >= 11 is 0. The number of hydrogen-bond donors (Lipinski definition) is 3. The Morgan fingerprint density at radius 2 is 2.25 bits per heavy atom. The Kier molecular flexibility index (Phi) is 4.16. The molecule has 1 rings (SSSR count). The van der Waals surface area contributed by atoms with Crippen LogP contribution in [-0.2, 0) is 4.74 Å². The third kappa shape index (κ3) is 5.23. The molecule has 0 unspecified atom stereocenters. The predicted molar refractivity (Wildman–Crippen MR) is 61.3 cm³/mol. The van der Waals surface area contributed by atoms with E-state index in [2.05, 4.69) is 20.8 Å². The highest BCUT2D eigenvalue weighted by molar-refractivity contribution is 5.67. The molecule has 0 saturated heterocycles. The minimum Gasteiger partial charge on any atom is -0.444 e. The zero-order chi connectivity index (χ0) is 12.0. The number of alkyl carbamates (subject to hydrolysis) is 1. The van der Waals surface area contributed by atoms with Crippen molar-refractivity contribution in [2.75, 3.05) is 18.4 Å². The van der Waals surface area contributed by atoms with Crippen LogP contribution in [0.15, 0.2) is 12.4 Å². The van der Waals surface area contributed by atoms with Crippen molar-refractivity contribution in [1.29, 1.82) is 0 Å². The number of nitrogens with one attached hydrogen (secondary N) is 3. The molecule has 0 fully saturated rings. The van der Waals surface area contributed by atoms with Crippen molar-refractivity contribution in [3.63, 3.8) is 0 Å². The van der Waals surface area contributed by atoms with Gasteiger partial charge in [0.25, 0.3) is 0 Å². The van der Waals surface area contributed by atoms with E-state index in [1.807, 2.05) is 20.8 Å². The maximum absolute atomic E-state index is 11.2. The molecule has 90 valence electrons. The average Bonchev–Trinajstić information content (AvgIpc) is 2.62. The Balaban J connectivity index is 2.09. The van der Waals surface area contributed by atoms with Gasteiger partial charge in [0, 0.05) is 19.3 Å². The molecule has 1 amide bonds. The van der Waals surface area contributed by atoms with Crippen LogP contribution in [0.5, 0.6) is 0 Å². The van der Waals surface area contributed by atoms with Gasteiger partial charge in [-0.2, -0.15) is 5.10 Å². The van der Waals surface area contributed by atoms with Crippen LogP contribution in [-0.4, -0.2) is 35.0 Å². The Bertz CT molecular complexity index is 316. The molecule has 0 radical (unpaired) electrons. The summed E-state index contributed by atoms with van der Waals surface area (Å²) in [5.41, 5.74) is 0.438. The highest BCUT2D eigenvalue weighted by Gasteiger charge is 2.15. The van der Waals surface area contributed by atoms with Crippen LogP contribution in [0.4, 0.5) is 10.5 Å². The number of aromatic nitrogens is 2. The summed E-state index contributed by atoms with van der Waals surface area (Å²) in [6.07, 6.45) is 3.02. The molecule has 16 heavy (non-hydrogen) atoms. The van der Waals surface area contributed by atoms with Gasteiger partial charge in [0.15, 0.2) is 0 Å². The monoisotopic (exact) mass is 226 g/mol. The third-order valence-electron chi connectivity index (χ3n) is 1.62. The fraction of sp³-hybridized carbons (Fsp3) is 0.600. The van der Waals surface area contributed by atoms with E-state index in [1.54, 1.807) is 12.4 Å². The summed E-state index contributed by atoms with van der Waals surface area (Å²) in [4.78, 5) is 11.2. The molecule has 1 aromatic heterocycles. The van der Waals surface area contributed by atoms with Crippen LogP contribution in [0.3, 0.4) is 0 Å². The van der Waals surface area contributed by atoms with Crippen molar-refractivity contribution in [2.24, 2.45) is 0 Å². The molecular formula is C10H18N4O2. The van der Waals surface area contributed by atoms with E-state index in [4.69, 9.17) is 4.74 Å². The van der Waals surface area contributed by atoms with E-state index in [9.17, 15) is 4.79 Å². The van der Waals surface area contributed by atoms with Crippen LogP contribution in [0.1, 0.15) is 20.8 Å². The van der Waals surface area contributed by atoms with E-state index in [1.165, 1.54) is 0 Å². The van der Waals surface area contributed by atoms with E-state index in [0.29, 0.717) is 13.1 Å². The second-order valence-corrected chi connectivity index (χ2v) is 4.34. The van der Waals surface area contributed by atoms with Crippen LogP contribution in [0.2, 0.25) is 0 Å². The molecule has 0 atom stereocenters. The fourth-order valence-corrected chi connectivity index (χ4v) is 1.03. The van der Waals surface area contributed by atoms with Crippen molar-refractivity contribution < 1.29 is 9.53 Å². The Labute approximate surface area is 94.8 Å². The summed E-state index contributed by atoms with van der Waals surface area (Å²) in [6.45, 7) is 6.61. The van der Waals surface area contributed by atoms with Gasteiger partial charge in [-0.15, -0.1) is 0 Å². The van der Waals surface area contributed by atoms with Crippen LogP contribution in [0.25, 0.3) is 0 Å². The van der Waals surface area contributed by atoms with Gasteiger partial charge in [-0.05, 0) is 20.8 Å². The third-order valence-corrected chi connectivity index (χ3v) is 1.62. The zero-order valence-electron chi connectivity index (χ0n) is 9.83. The summed E-state index contributed by atoms with van der Waals surface area (Å²) in [7, 11) is 0. The number of carbonyl (C=O) groups is 1. The lowest BCUT2D eigenvalue weighted by Crippen LogP contribution is -2.34. The molecule has 1 heterocycles. The molecule has 0 aliphatic carbocycles. The van der Waals surface area contributed by atoms with E-state index < -0.39 is 11.7 Å². The van der Waals surface area contributed by atoms with E-state index in [-0.39, 0.29) is 0 Å². The summed E-state index contributed by atoms with van der Waals surface area (Å²) < 4.78 is 5.08. The van der Waals surface area contributed by atoms with Gasteiger partial charge in [-0.1, -0.05) is 0 Å². The molecule has 1 aromatic rings. The maximum atomic E-state index is 11.2. The van der Waals surface area contributed by atoms with Gasteiger partial charge >= 0.3 is 6.09 Å². The highest BCUT2D eigenvalue weighted by Crippen LogP contribution is 2.06. The first-order valence-corrected chi connectivity index (χ1v) is 5.17. The maximum Gasteiger partial charge on any atom is 0.407 e. The second kappa shape index (κ2) is 5.39. The van der Waals surface area contributed by atoms with Gasteiger partial charge in [0.1, 0.15) is 5.60 Å². The minimum atomic E-state index is -0.456. The van der Waals surface area contributed by atoms with Crippen molar-refractivity contribution in [3.8, 4) is 0 Å². The minimum absolute atomic E-state index is 0.401. The van der Waals surface area contributed by atoms with Crippen molar-refractivity contribution in [2.45, 2.75) is 26.4 Å². The summed E-state index contributed by atoms with van der Waals surface area (Å²) in [5, 5.41) is 12.2. The number of rotatable bonds is 4. The fourth-order valence-electron chi connectivity index (χ4n) is 1.03. The van der Waals surface area contributed by atoms with Crippen LogP contribution < -0.4 is 10.6 Å². The number of ether oxygens (including phenoxy) is 1. The Morgan fingerprint density at radius 1 is 1.50 bits per heavy atom. The first-order valence-electron chi connectivity index (χ1n) is 5.17. The van der Waals surface area contributed by atoms with Gasteiger partial charge in [-0.3, -0.25) is 5.10 Å². The molecule has 0 spiro atoms. The number of aromatic amines is 1. The van der Waals surface area contributed by atoms with E-state index >= 15 is 0 Å². The molecule has 0 aliphatic rings. The smallest absolute Gasteiger partial charge is 0.407 e. The quantitative estimate of drug-likeness (QED) is 0.677. The molecule has 6 heteroatoms. The number of nitrogens with zero attached hydrogens (tertiary/aromatic N) is 1. The van der Waals surface area contributed by atoms with Crippen molar-refractivity contribution in [3.05, 3.63) is 12.4 Å². The molecule has 0 bridgehead atoms. The first-order chi connectivity index (χ1) is 7.47. The normalized spacial score (nSPS) is 10.9. The number of hydrogen-bond acceptors (Lipinski definition) is 4. The second-order valence-electron chi connectivity index (χ2n) is 4.34. The predicted octanol–water partition coefficient (Wildman–Crippen LogP) is 1.35. The molecule has 3 N–H and O–H groups in total. The number of H-pyrrole nitrogens is 1. The molecular weight excluding hydrogens is 208 g/mol. The number of anilines is 1. The Morgan fingerprint density at radius 3 is 2.81 bits per heavy atom. The van der Waals surface area contributed by atoms with Gasteiger partial charge in [0.2, 0.25) is 0 Å². The summed E-state index contributed by atoms with van der Waals surface area (Å²) in [6, 6.07) is 0. The standard InChI is InChI=1S/C10H18N4O2/c1-10(2,3)16-9(15)12-5-4-11-8-6-13-14-7-8/h6-7,11H,4-5H2,1-3H3,(H,12,15)(H,13,14). The SMILES string of the molecule is CC(C)(C)OC(=O)NCCNc1cn[nH]c1. The lowest BCUT2D eigenvalue weighted by molar-refractivity contribution is 0.0530. The molecule has 0 saturated carbocycles. The largest absolute Gasteiger partial charge is 0.444 e.